The van der Waals surface area contributed by atoms with Gasteiger partial charge in [0.25, 0.3) is 0 Å². The van der Waals surface area contributed by atoms with Crippen LogP contribution in [0.2, 0.25) is 0 Å². The van der Waals surface area contributed by atoms with Gasteiger partial charge >= 0.3 is 0 Å². The van der Waals surface area contributed by atoms with Gasteiger partial charge in [-0.1, -0.05) is 43.4 Å². The molecule has 0 atom stereocenters. The van der Waals surface area contributed by atoms with Gasteiger partial charge in [-0.2, -0.15) is 0 Å². The molecule has 0 fully saturated rings. The van der Waals surface area contributed by atoms with Gasteiger partial charge in [0.1, 0.15) is 0 Å². The van der Waals surface area contributed by atoms with E-state index in [1.807, 2.05) is 0 Å². The number of rotatable bonds is 3. The van der Waals surface area contributed by atoms with Crippen LogP contribution in [0.3, 0.4) is 0 Å². The second kappa shape index (κ2) is 4.85. The lowest BCUT2D eigenvalue weighted by Crippen LogP contribution is -1.88. The summed E-state index contributed by atoms with van der Waals surface area (Å²) in [7, 11) is 0. The summed E-state index contributed by atoms with van der Waals surface area (Å²) >= 11 is 0. The Balaban J connectivity index is 1.95. The minimum absolute atomic E-state index is 0.695. The van der Waals surface area contributed by atoms with Crippen molar-refractivity contribution in [2.24, 2.45) is 5.92 Å². The first-order chi connectivity index (χ1) is 8.88. The first kappa shape index (κ1) is 11.3. The van der Waals surface area contributed by atoms with Crippen LogP contribution in [0.15, 0.2) is 42.5 Å². The predicted molar refractivity (Wildman–Crippen MR) is 78.6 cm³/mol. The number of hydrogen-bond acceptors (Lipinski definition) is 0. The van der Waals surface area contributed by atoms with Gasteiger partial charge in [-0.15, -0.1) is 0 Å². The molecule has 1 nitrogen and oxygen atoms in total. The molecule has 0 saturated heterocycles. The van der Waals surface area contributed by atoms with Crippen molar-refractivity contribution >= 4 is 17.0 Å². The van der Waals surface area contributed by atoms with E-state index in [1.165, 1.54) is 35.0 Å². The fourth-order valence-corrected chi connectivity index (χ4v) is 2.77. The fourth-order valence-electron chi connectivity index (χ4n) is 2.77. The largest absolute Gasteiger partial charge is 0.355 e. The molecule has 0 radical (unpaired) electrons. The highest BCUT2D eigenvalue weighted by molar-refractivity contribution is 5.87. The number of para-hydroxylation sites is 1. The molecule has 0 spiro atoms. The predicted octanol–water partition coefficient (Wildman–Crippen LogP) is 4.71. The molecule has 2 aromatic rings. The van der Waals surface area contributed by atoms with Crippen LogP contribution in [0.1, 0.15) is 31.0 Å². The molecule has 1 aromatic heterocycles. The minimum atomic E-state index is 0.695. The number of aromatic nitrogens is 1. The molecule has 0 bridgehead atoms. The highest BCUT2D eigenvalue weighted by atomic mass is 14.7. The highest BCUT2D eigenvalue weighted by Gasteiger charge is 2.09. The summed E-state index contributed by atoms with van der Waals surface area (Å²) in [5.74, 6) is 0.695. The van der Waals surface area contributed by atoms with Crippen molar-refractivity contribution in [3.05, 3.63) is 53.8 Å². The SMILES string of the molecule is CCc1c(/C=C\C2CC=CC2)[nH]c2ccccc12. The zero-order valence-corrected chi connectivity index (χ0v) is 10.8. The minimum Gasteiger partial charge on any atom is -0.355 e. The number of hydrogen-bond donors (Lipinski definition) is 1. The Morgan fingerprint density at radius 2 is 2.00 bits per heavy atom. The molecule has 18 heavy (non-hydrogen) atoms. The van der Waals surface area contributed by atoms with Crippen molar-refractivity contribution in [2.45, 2.75) is 26.2 Å². The van der Waals surface area contributed by atoms with E-state index in [4.69, 9.17) is 0 Å². The first-order valence-corrected chi connectivity index (χ1v) is 6.81. The smallest absolute Gasteiger partial charge is 0.0461 e. The lowest BCUT2D eigenvalue weighted by atomic mass is 10.0. The topological polar surface area (TPSA) is 15.8 Å². The van der Waals surface area contributed by atoms with E-state index in [9.17, 15) is 0 Å². The number of aryl methyl sites for hydroxylation is 1. The van der Waals surface area contributed by atoms with E-state index in [0.717, 1.165) is 6.42 Å². The van der Waals surface area contributed by atoms with Crippen molar-refractivity contribution < 1.29 is 0 Å². The van der Waals surface area contributed by atoms with Crippen LogP contribution in [0.25, 0.3) is 17.0 Å². The Morgan fingerprint density at radius 3 is 2.78 bits per heavy atom. The average Bonchev–Trinajstić information content (AvgIpc) is 3.03. The number of benzene rings is 1. The number of aromatic amines is 1. The molecule has 1 heterocycles. The number of allylic oxidation sites excluding steroid dienone is 3. The quantitative estimate of drug-likeness (QED) is 0.744. The average molecular weight is 237 g/mol. The van der Waals surface area contributed by atoms with E-state index in [0.29, 0.717) is 5.92 Å². The van der Waals surface area contributed by atoms with Gasteiger partial charge in [-0.3, -0.25) is 0 Å². The van der Waals surface area contributed by atoms with Gasteiger partial charge in [0.2, 0.25) is 0 Å². The van der Waals surface area contributed by atoms with Gasteiger partial charge in [0.05, 0.1) is 0 Å². The Labute approximate surface area is 108 Å². The van der Waals surface area contributed by atoms with Crippen molar-refractivity contribution in [2.75, 3.05) is 0 Å². The summed E-state index contributed by atoms with van der Waals surface area (Å²) in [6.07, 6.45) is 12.6. The van der Waals surface area contributed by atoms with Crippen LogP contribution in [0.5, 0.6) is 0 Å². The first-order valence-electron chi connectivity index (χ1n) is 6.81. The van der Waals surface area contributed by atoms with Crippen LogP contribution in [0, 0.1) is 5.92 Å². The van der Waals surface area contributed by atoms with Gasteiger partial charge in [-0.05, 0) is 42.9 Å². The standard InChI is InChI=1S/C17H19N/c1-2-14-15-9-5-6-10-16(15)18-17(14)12-11-13-7-3-4-8-13/h3-6,9-13,18H,2,7-8H2,1H3/b12-11-. The third kappa shape index (κ3) is 2.01. The summed E-state index contributed by atoms with van der Waals surface area (Å²) in [4.78, 5) is 3.53. The Morgan fingerprint density at radius 1 is 1.22 bits per heavy atom. The number of nitrogens with one attached hydrogen (secondary N) is 1. The molecule has 0 aliphatic heterocycles. The van der Waals surface area contributed by atoms with Crippen molar-refractivity contribution in [3.63, 3.8) is 0 Å². The van der Waals surface area contributed by atoms with Crippen molar-refractivity contribution in [1.29, 1.82) is 0 Å². The van der Waals surface area contributed by atoms with Gasteiger partial charge in [0, 0.05) is 16.6 Å². The van der Waals surface area contributed by atoms with Crippen molar-refractivity contribution in [3.8, 4) is 0 Å². The van der Waals surface area contributed by atoms with Crippen molar-refractivity contribution in [1.82, 2.24) is 4.98 Å². The van der Waals surface area contributed by atoms with Crippen LogP contribution >= 0.6 is 0 Å². The molecule has 1 N–H and O–H groups in total. The summed E-state index contributed by atoms with van der Waals surface area (Å²) in [6.45, 7) is 2.23. The second-order valence-electron chi connectivity index (χ2n) is 4.98. The zero-order valence-electron chi connectivity index (χ0n) is 10.8. The summed E-state index contributed by atoms with van der Waals surface area (Å²) in [6, 6.07) is 8.57. The lowest BCUT2D eigenvalue weighted by Gasteiger charge is -2.01. The molecule has 0 unspecified atom stereocenters. The summed E-state index contributed by atoms with van der Waals surface area (Å²) in [5, 5.41) is 1.36. The molecule has 1 aliphatic carbocycles. The zero-order chi connectivity index (χ0) is 12.4. The molecular weight excluding hydrogens is 218 g/mol. The molecule has 1 aromatic carbocycles. The normalized spacial score (nSPS) is 16.3. The highest BCUT2D eigenvalue weighted by Crippen LogP contribution is 2.25. The summed E-state index contributed by atoms with van der Waals surface area (Å²) < 4.78 is 0. The second-order valence-corrected chi connectivity index (χ2v) is 4.98. The van der Waals surface area contributed by atoms with E-state index in [2.05, 4.69) is 60.5 Å². The maximum Gasteiger partial charge on any atom is 0.0461 e. The molecule has 92 valence electrons. The van der Waals surface area contributed by atoms with E-state index >= 15 is 0 Å². The Hall–Kier alpha value is -1.76. The van der Waals surface area contributed by atoms with Crippen LogP contribution < -0.4 is 0 Å². The van der Waals surface area contributed by atoms with Crippen LogP contribution in [-0.2, 0) is 6.42 Å². The lowest BCUT2D eigenvalue weighted by molar-refractivity contribution is 0.719. The fraction of sp³-hybridized carbons (Fsp3) is 0.294. The summed E-state index contributed by atoms with van der Waals surface area (Å²) in [5.41, 5.74) is 3.97. The molecule has 1 aliphatic rings. The van der Waals surface area contributed by atoms with E-state index < -0.39 is 0 Å². The van der Waals surface area contributed by atoms with E-state index in [-0.39, 0.29) is 0 Å². The van der Waals surface area contributed by atoms with Gasteiger partial charge < -0.3 is 4.98 Å². The third-order valence-electron chi connectivity index (χ3n) is 3.78. The Kier molecular flexibility index (Phi) is 3.06. The molecule has 0 saturated carbocycles. The maximum absolute atomic E-state index is 3.53. The number of fused-ring (bicyclic) bond motifs is 1. The molecule has 0 amide bonds. The third-order valence-corrected chi connectivity index (χ3v) is 3.78. The van der Waals surface area contributed by atoms with Crippen LogP contribution in [0.4, 0.5) is 0 Å². The monoisotopic (exact) mass is 237 g/mol. The maximum atomic E-state index is 3.53. The van der Waals surface area contributed by atoms with Gasteiger partial charge in [0.15, 0.2) is 0 Å². The molecule has 3 rings (SSSR count). The van der Waals surface area contributed by atoms with Gasteiger partial charge in [-0.25, -0.2) is 0 Å². The Bertz CT molecular complexity index is 593. The molecule has 1 heteroatoms. The number of H-pyrrole nitrogens is 1. The van der Waals surface area contributed by atoms with Crippen LogP contribution in [-0.4, -0.2) is 4.98 Å². The van der Waals surface area contributed by atoms with E-state index in [1.54, 1.807) is 0 Å². The molecular formula is C17H19N.